The van der Waals surface area contributed by atoms with Gasteiger partial charge in [0, 0.05) is 0 Å². The second-order valence-corrected chi connectivity index (χ2v) is 13.9. The number of rotatable bonds is 14. The van der Waals surface area contributed by atoms with Gasteiger partial charge in [0.25, 0.3) is 0 Å². The first kappa shape index (κ1) is 32.4. The van der Waals surface area contributed by atoms with Crippen LogP contribution in [-0.4, -0.2) is 43.5 Å². The van der Waals surface area contributed by atoms with Crippen molar-refractivity contribution in [3.63, 3.8) is 0 Å². The lowest BCUT2D eigenvalue weighted by molar-refractivity contribution is 0.274. The highest BCUT2D eigenvalue weighted by Gasteiger charge is 2.27. The molecule has 1 N–H and O–H groups in total. The minimum atomic E-state index is -4.10. The summed E-state index contributed by atoms with van der Waals surface area (Å²) in [4.78, 5) is 12.1. The van der Waals surface area contributed by atoms with Gasteiger partial charge in [0.1, 0.15) is 22.7 Å². The smallest absolute Gasteiger partial charge is 0.328 e. The molecule has 1 heterocycles. The van der Waals surface area contributed by atoms with E-state index in [0.717, 1.165) is 25.7 Å². The number of sulfone groups is 2. The molecule has 0 atom stereocenters. The summed E-state index contributed by atoms with van der Waals surface area (Å²) in [6.45, 7) is 2.51. The highest BCUT2D eigenvalue weighted by atomic mass is 32.2. The molecule has 0 saturated heterocycles. The monoisotopic (exact) mass is 661 g/mol. The molecule has 11 nitrogen and oxygen atoms in total. The van der Waals surface area contributed by atoms with Crippen LogP contribution in [0.25, 0.3) is 0 Å². The van der Waals surface area contributed by atoms with Gasteiger partial charge in [-0.15, -0.1) is 4.98 Å². The molecule has 0 spiro atoms. The van der Waals surface area contributed by atoms with Crippen LogP contribution in [0.5, 0.6) is 35.0 Å². The number of phenolic OH excluding ortho intramolecular Hbond substituents is 1. The average Bonchev–Trinajstić information content (AvgIpc) is 3.06. The van der Waals surface area contributed by atoms with Gasteiger partial charge in [-0.05, 0) is 79.2 Å². The molecule has 5 aromatic rings. The van der Waals surface area contributed by atoms with Crippen LogP contribution in [0.4, 0.5) is 0 Å². The van der Waals surface area contributed by atoms with Crippen LogP contribution in [0.3, 0.4) is 0 Å². The van der Waals surface area contributed by atoms with Crippen molar-refractivity contribution in [1.29, 1.82) is 0 Å². The highest BCUT2D eigenvalue weighted by molar-refractivity contribution is 7.91. The molecule has 1 aromatic heterocycles. The van der Waals surface area contributed by atoms with E-state index in [2.05, 4.69) is 21.9 Å². The van der Waals surface area contributed by atoms with Crippen LogP contribution in [0, 0.1) is 0 Å². The molecule has 0 fully saturated rings. The van der Waals surface area contributed by atoms with Crippen molar-refractivity contribution in [2.75, 3.05) is 6.61 Å². The summed E-state index contributed by atoms with van der Waals surface area (Å²) in [6, 6.07) is 22.8. The van der Waals surface area contributed by atoms with E-state index in [1.54, 1.807) is 18.2 Å². The largest absolute Gasteiger partial charge is 0.508 e. The fraction of sp³-hybridized carbons (Fsp3) is 0.182. The summed E-state index contributed by atoms with van der Waals surface area (Å²) in [5, 5.41) is 9.52. The first-order valence-corrected chi connectivity index (χ1v) is 17.4. The Labute approximate surface area is 267 Å². The van der Waals surface area contributed by atoms with Gasteiger partial charge in [-0.3, -0.25) is 0 Å². The first-order valence-electron chi connectivity index (χ1n) is 14.4. The zero-order valence-electron chi connectivity index (χ0n) is 24.8. The maximum absolute atomic E-state index is 13.8. The number of phenols is 1. The van der Waals surface area contributed by atoms with Gasteiger partial charge in [0.05, 0.1) is 21.3 Å². The molecule has 0 bridgehead atoms. The lowest BCUT2D eigenvalue weighted by Crippen LogP contribution is -2.07. The molecule has 0 aliphatic carbocycles. The molecule has 46 heavy (non-hydrogen) atoms. The van der Waals surface area contributed by atoms with E-state index in [9.17, 15) is 21.9 Å². The van der Waals surface area contributed by atoms with Crippen molar-refractivity contribution in [1.82, 2.24) is 15.0 Å². The second kappa shape index (κ2) is 14.4. The lowest BCUT2D eigenvalue weighted by Gasteiger charge is -2.16. The van der Waals surface area contributed by atoms with Gasteiger partial charge in [-0.2, -0.15) is 9.97 Å². The van der Waals surface area contributed by atoms with Gasteiger partial charge < -0.3 is 19.3 Å². The molecule has 0 aliphatic rings. The van der Waals surface area contributed by atoms with Gasteiger partial charge >= 0.3 is 12.0 Å². The Morgan fingerprint density at radius 2 is 1.30 bits per heavy atom. The summed E-state index contributed by atoms with van der Waals surface area (Å²) in [5.74, 6) is -0.0306. The van der Waals surface area contributed by atoms with Crippen LogP contribution in [-0.2, 0) is 19.7 Å². The third kappa shape index (κ3) is 7.61. The van der Waals surface area contributed by atoms with Crippen molar-refractivity contribution in [2.24, 2.45) is 0 Å². The Morgan fingerprint density at radius 1 is 0.652 bits per heavy atom. The van der Waals surface area contributed by atoms with Gasteiger partial charge in [-0.1, -0.05) is 50.5 Å². The average molecular weight is 662 g/mol. The Morgan fingerprint density at radius 3 is 2.00 bits per heavy atom. The summed E-state index contributed by atoms with van der Waals surface area (Å²) in [7, 11) is -7.97. The number of para-hydroxylation sites is 1. The van der Waals surface area contributed by atoms with E-state index in [1.165, 1.54) is 85.2 Å². The maximum Gasteiger partial charge on any atom is 0.328 e. The molecule has 5 rings (SSSR count). The van der Waals surface area contributed by atoms with Crippen LogP contribution in [0.2, 0.25) is 0 Å². The van der Waals surface area contributed by atoms with Crippen LogP contribution in [0.15, 0.2) is 123 Å². The quantitative estimate of drug-likeness (QED) is 0.125. The maximum atomic E-state index is 13.8. The van der Waals surface area contributed by atoms with Gasteiger partial charge in [0.2, 0.25) is 19.7 Å². The second-order valence-electron chi connectivity index (χ2n) is 10.0. The van der Waals surface area contributed by atoms with E-state index >= 15 is 0 Å². The predicted molar refractivity (Wildman–Crippen MR) is 168 cm³/mol. The Bertz CT molecular complexity index is 1990. The molecule has 0 radical (unpaired) electrons. The Hall–Kier alpha value is -5.01. The topological polar surface area (TPSA) is 155 Å². The molecule has 0 saturated carbocycles. The number of aromatic nitrogens is 3. The van der Waals surface area contributed by atoms with Crippen LogP contribution < -0.4 is 14.2 Å². The van der Waals surface area contributed by atoms with Crippen molar-refractivity contribution in [3.8, 4) is 35.0 Å². The molecule has 4 aromatic carbocycles. The molecule has 238 valence electrons. The number of aromatic hydroxyl groups is 1. The summed E-state index contributed by atoms with van der Waals surface area (Å²) in [5.41, 5.74) is 0. The van der Waals surface area contributed by atoms with Crippen LogP contribution in [0.1, 0.15) is 32.6 Å². The Kier molecular flexibility index (Phi) is 10.1. The number of hydrogen-bond acceptors (Lipinski definition) is 11. The van der Waals surface area contributed by atoms with E-state index < -0.39 is 19.7 Å². The standard InChI is InChI=1S/C33H31N3O8S2/c1-2-3-4-8-22-42-32-34-23-35-33(36-32)44-31-29(12-9-13-30(31)46(40,41)26-10-6-5-7-11-26)43-25-16-20-28(21-17-25)45(38,39)27-18-14-24(37)15-19-27/h5-7,9-21,23,37H,2-4,8,22H2,1H3. The minimum Gasteiger partial charge on any atom is -0.508 e. The fourth-order valence-electron chi connectivity index (χ4n) is 4.36. The fourth-order valence-corrected chi connectivity index (χ4v) is 7.03. The minimum absolute atomic E-state index is 0.00479. The summed E-state index contributed by atoms with van der Waals surface area (Å²) < 4.78 is 71.3. The number of nitrogens with zero attached hydrogens (tertiary/aromatic N) is 3. The van der Waals surface area contributed by atoms with Crippen molar-refractivity contribution < 1.29 is 36.2 Å². The van der Waals surface area contributed by atoms with Crippen molar-refractivity contribution in [2.45, 2.75) is 52.2 Å². The molecular formula is C33H31N3O8S2. The van der Waals surface area contributed by atoms with E-state index in [1.807, 2.05) is 0 Å². The number of unbranched alkanes of at least 4 members (excludes halogenated alkanes) is 3. The molecule has 13 heteroatoms. The highest BCUT2D eigenvalue weighted by Crippen LogP contribution is 2.41. The van der Waals surface area contributed by atoms with E-state index in [4.69, 9.17) is 14.2 Å². The molecular weight excluding hydrogens is 631 g/mol. The third-order valence-electron chi connectivity index (χ3n) is 6.74. The van der Waals surface area contributed by atoms with Gasteiger partial charge in [-0.25, -0.2) is 16.8 Å². The normalized spacial score (nSPS) is 11.6. The zero-order valence-corrected chi connectivity index (χ0v) is 26.4. The SMILES string of the molecule is CCCCCCOc1ncnc(Oc2c(Oc3ccc(S(=O)(=O)c4ccc(O)cc4)cc3)cccc2S(=O)(=O)c2ccccc2)n1. The van der Waals surface area contributed by atoms with Crippen LogP contribution >= 0.6 is 0 Å². The summed E-state index contributed by atoms with van der Waals surface area (Å²) >= 11 is 0. The molecule has 0 aliphatic heterocycles. The van der Waals surface area contributed by atoms with Crippen molar-refractivity contribution >= 4 is 19.7 Å². The van der Waals surface area contributed by atoms with Gasteiger partial charge in [0.15, 0.2) is 11.5 Å². The number of benzene rings is 4. The Balaban J connectivity index is 1.47. The van der Waals surface area contributed by atoms with E-state index in [-0.39, 0.29) is 54.6 Å². The third-order valence-corrected chi connectivity index (χ3v) is 10.3. The van der Waals surface area contributed by atoms with Crippen molar-refractivity contribution in [3.05, 3.63) is 103 Å². The summed E-state index contributed by atoms with van der Waals surface area (Å²) in [6.07, 6.45) is 5.19. The zero-order chi connectivity index (χ0) is 32.6. The number of ether oxygens (including phenoxy) is 3. The molecule has 0 amide bonds. The van der Waals surface area contributed by atoms with E-state index in [0.29, 0.717) is 6.61 Å². The first-order chi connectivity index (χ1) is 22.2. The molecule has 0 unspecified atom stereocenters. The predicted octanol–water partition coefficient (Wildman–Crippen LogP) is 6.79. The lowest BCUT2D eigenvalue weighted by atomic mass is 10.2. The number of hydrogen-bond donors (Lipinski definition) is 1.